The van der Waals surface area contributed by atoms with Crippen molar-refractivity contribution < 1.29 is 4.79 Å². The van der Waals surface area contributed by atoms with Crippen LogP contribution in [-0.4, -0.2) is 23.4 Å². The number of benzene rings is 1. The average Bonchev–Trinajstić information content (AvgIpc) is 2.49. The number of hydrogen-bond acceptors (Lipinski definition) is 2. The van der Waals surface area contributed by atoms with Crippen molar-refractivity contribution in [3.05, 3.63) is 29.3 Å². The molecule has 0 radical (unpaired) electrons. The normalized spacial score (nSPS) is 26.1. The number of hydrogen-bond donors (Lipinski definition) is 1. The van der Waals surface area contributed by atoms with Gasteiger partial charge in [-0.3, -0.25) is 4.79 Å². The van der Waals surface area contributed by atoms with E-state index in [4.69, 9.17) is 5.73 Å². The lowest BCUT2D eigenvalue weighted by Crippen LogP contribution is -2.49. The number of aryl methyl sites for hydroxylation is 1. The Morgan fingerprint density at radius 1 is 1.20 bits per heavy atom. The highest BCUT2D eigenvalue weighted by atomic mass is 16.2. The Balaban J connectivity index is 1.83. The molecule has 1 heterocycles. The van der Waals surface area contributed by atoms with E-state index in [0.29, 0.717) is 11.7 Å². The van der Waals surface area contributed by atoms with Crippen LogP contribution < -0.4 is 5.73 Å². The molecule has 0 aromatic heterocycles. The van der Waals surface area contributed by atoms with Crippen molar-refractivity contribution in [3.63, 3.8) is 0 Å². The fourth-order valence-corrected chi connectivity index (χ4v) is 3.82. The van der Waals surface area contributed by atoms with E-state index in [1.54, 1.807) is 0 Å². The van der Waals surface area contributed by atoms with Gasteiger partial charge in [-0.25, -0.2) is 0 Å². The van der Waals surface area contributed by atoms with Gasteiger partial charge >= 0.3 is 0 Å². The molecule has 2 unspecified atom stereocenters. The van der Waals surface area contributed by atoms with Gasteiger partial charge in [0.2, 0.25) is 0 Å². The van der Waals surface area contributed by atoms with Crippen molar-refractivity contribution >= 4 is 11.6 Å². The molecule has 0 spiro atoms. The summed E-state index contributed by atoms with van der Waals surface area (Å²) in [6, 6.07) is 6.17. The molecule has 3 heteroatoms. The number of rotatable bonds is 1. The number of likely N-dealkylation sites (tertiary alicyclic amines) is 1. The lowest BCUT2D eigenvalue weighted by Gasteiger charge is -2.44. The molecule has 3 nitrogen and oxygen atoms in total. The number of fused-ring (bicyclic) bond motifs is 1. The van der Waals surface area contributed by atoms with Crippen molar-refractivity contribution in [2.45, 2.75) is 51.5 Å². The molecule has 2 fully saturated rings. The minimum Gasteiger partial charge on any atom is -0.398 e. The van der Waals surface area contributed by atoms with Gasteiger partial charge in [-0.2, -0.15) is 0 Å². The molecule has 2 aliphatic rings. The molecule has 3 rings (SSSR count). The van der Waals surface area contributed by atoms with Crippen LogP contribution in [0, 0.1) is 12.8 Å². The molecule has 108 valence electrons. The van der Waals surface area contributed by atoms with Crippen LogP contribution in [0.5, 0.6) is 0 Å². The number of carbonyl (C=O) groups is 1. The third-order valence-corrected chi connectivity index (χ3v) is 5.03. The summed E-state index contributed by atoms with van der Waals surface area (Å²) in [5, 5.41) is 0. The fraction of sp³-hybridized carbons (Fsp3) is 0.588. The smallest absolute Gasteiger partial charge is 0.254 e. The minimum atomic E-state index is 0.174. The molecule has 0 bridgehead atoms. The molecule has 1 aliphatic carbocycles. The van der Waals surface area contributed by atoms with Gasteiger partial charge in [0, 0.05) is 23.8 Å². The maximum Gasteiger partial charge on any atom is 0.254 e. The monoisotopic (exact) mass is 272 g/mol. The van der Waals surface area contributed by atoms with Gasteiger partial charge in [-0.15, -0.1) is 0 Å². The summed E-state index contributed by atoms with van der Waals surface area (Å²) < 4.78 is 0. The Morgan fingerprint density at radius 2 is 1.95 bits per heavy atom. The molecule has 1 saturated heterocycles. The van der Waals surface area contributed by atoms with E-state index in [9.17, 15) is 4.79 Å². The van der Waals surface area contributed by atoms with E-state index in [-0.39, 0.29) is 5.91 Å². The quantitative estimate of drug-likeness (QED) is 0.797. The van der Waals surface area contributed by atoms with Crippen molar-refractivity contribution in [1.82, 2.24) is 4.90 Å². The van der Waals surface area contributed by atoms with E-state index < -0.39 is 0 Å². The zero-order chi connectivity index (χ0) is 14.1. The van der Waals surface area contributed by atoms with Gasteiger partial charge in [-0.05, 0) is 56.2 Å². The topological polar surface area (TPSA) is 46.3 Å². The second-order valence-corrected chi connectivity index (χ2v) is 6.32. The molecule has 1 amide bonds. The Labute approximate surface area is 121 Å². The number of amides is 1. The summed E-state index contributed by atoms with van der Waals surface area (Å²) in [6.07, 6.45) is 7.52. The predicted octanol–water partition coefficient (Wildman–Crippen LogP) is 3.37. The number of carbonyl (C=O) groups excluding carboxylic acids is 1. The van der Waals surface area contributed by atoms with Crippen molar-refractivity contribution in [2.24, 2.45) is 5.92 Å². The zero-order valence-electron chi connectivity index (χ0n) is 12.3. The van der Waals surface area contributed by atoms with E-state index in [1.807, 2.05) is 25.1 Å². The van der Waals surface area contributed by atoms with Crippen LogP contribution in [0.2, 0.25) is 0 Å². The van der Waals surface area contributed by atoms with Gasteiger partial charge in [0.25, 0.3) is 5.91 Å². The zero-order valence-corrected chi connectivity index (χ0v) is 12.3. The Kier molecular flexibility index (Phi) is 3.68. The molecular weight excluding hydrogens is 248 g/mol. The summed E-state index contributed by atoms with van der Waals surface area (Å²) in [5.41, 5.74) is 8.45. The largest absolute Gasteiger partial charge is 0.398 e. The van der Waals surface area contributed by atoms with Crippen LogP contribution in [0.15, 0.2) is 18.2 Å². The molecule has 1 saturated carbocycles. The predicted molar refractivity (Wildman–Crippen MR) is 81.6 cm³/mol. The first-order valence-corrected chi connectivity index (χ1v) is 7.84. The molecule has 1 aromatic carbocycles. The number of anilines is 1. The van der Waals surface area contributed by atoms with E-state index in [1.165, 1.54) is 32.1 Å². The average molecular weight is 272 g/mol. The van der Waals surface area contributed by atoms with E-state index >= 15 is 0 Å². The summed E-state index contributed by atoms with van der Waals surface area (Å²) in [7, 11) is 0. The SMILES string of the molecule is Cc1ccc(C(=O)N2CCCC3CCCCC32)cc1N. The summed E-state index contributed by atoms with van der Waals surface area (Å²) in [6.45, 7) is 2.88. The molecule has 2 atom stereocenters. The van der Waals surface area contributed by atoms with E-state index in [2.05, 4.69) is 4.90 Å². The Bertz CT molecular complexity index is 510. The third kappa shape index (κ3) is 2.41. The van der Waals surface area contributed by atoms with Crippen LogP contribution in [0.3, 0.4) is 0 Å². The Hall–Kier alpha value is -1.51. The standard InChI is InChI=1S/C17H24N2O/c1-12-8-9-14(11-15(12)18)17(20)19-10-4-6-13-5-2-3-7-16(13)19/h8-9,11,13,16H,2-7,10,18H2,1H3. The second-order valence-electron chi connectivity index (χ2n) is 6.32. The highest BCUT2D eigenvalue weighted by Gasteiger charge is 2.35. The highest BCUT2D eigenvalue weighted by Crippen LogP contribution is 2.36. The van der Waals surface area contributed by atoms with Crippen LogP contribution in [0.4, 0.5) is 5.69 Å². The van der Waals surface area contributed by atoms with Gasteiger partial charge < -0.3 is 10.6 Å². The first-order chi connectivity index (χ1) is 9.66. The van der Waals surface area contributed by atoms with Crippen LogP contribution in [0.25, 0.3) is 0 Å². The van der Waals surface area contributed by atoms with Gasteiger partial charge in [0.15, 0.2) is 0 Å². The van der Waals surface area contributed by atoms with Gasteiger partial charge in [-0.1, -0.05) is 18.9 Å². The first-order valence-electron chi connectivity index (χ1n) is 7.84. The van der Waals surface area contributed by atoms with Gasteiger partial charge in [0.1, 0.15) is 0 Å². The van der Waals surface area contributed by atoms with Crippen molar-refractivity contribution in [3.8, 4) is 0 Å². The number of nitrogens with two attached hydrogens (primary N) is 1. The Morgan fingerprint density at radius 3 is 2.75 bits per heavy atom. The fourth-order valence-electron chi connectivity index (χ4n) is 3.82. The first kappa shape index (κ1) is 13.5. The lowest BCUT2D eigenvalue weighted by atomic mass is 9.78. The number of nitrogen functional groups attached to an aromatic ring is 1. The van der Waals surface area contributed by atoms with E-state index in [0.717, 1.165) is 30.0 Å². The maximum atomic E-state index is 12.8. The lowest BCUT2D eigenvalue weighted by molar-refractivity contribution is 0.0391. The highest BCUT2D eigenvalue weighted by molar-refractivity contribution is 5.95. The minimum absolute atomic E-state index is 0.174. The summed E-state index contributed by atoms with van der Waals surface area (Å²) >= 11 is 0. The van der Waals surface area contributed by atoms with Crippen LogP contribution in [-0.2, 0) is 0 Å². The summed E-state index contributed by atoms with van der Waals surface area (Å²) in [4.78, 5) is 14.9. The second kappa shape index (κ2) is 5.47. The van der Waals surface area contributed by atoms with Crippen molar-refractivity contribution in [2.75, 3.05) is 12.3 Å². The third-order valence-electron chi connectivity index (χ3n) is 5.03. The molecular formula is C17H24N2O. The van der Waals surface area contributed by atoms with Crippen LogP contribution in [0.1, 0.15) is 54.4 Å². The van der Waals surface area contributed by atoms with Crippen molar-refractivity contribution in [1.29, 1.82) is 0 Å². The van der Waals surface area contributed by atoms with Gasteiger partial charge in [0.05, 0.1) is 0 Å². The van der Waals surface area contributed by atoms with Crippen LogP contribution >= 0.6 is 0 Å². The molecule has 1 aliphatic heterocycles. The maximum absolute atomic E-state index is 12.8. The molecule has 1 aromatic rings. The number of nitrogens with zero attached hydrogens (tertiary/aromatic N) is 1. The molecule has 2 N–H and O–H groups in total. The molecule has 20 heavy (non-hydrogen) atoms. The number of piperidine rings is 1. The summed E-state index contributed by atoms with van der Waals surface area (Å²) in [5.74, 6) is 0.901.